The fraction of sp³-hybridized carbons (Fsp3) is 0.308. The van der Waals surface area contributed by atoms with Crippen LogP contribution in [0.15, 0.2) is 22.7 Å². The number of rotatable bonds is 5. The van der Waals surface area contributed by atoms with Crippen molar-refractivity contribution >= 4 is 33.2 Å². The Balaban J connectivity index is 2.18. The van der Waals surface area contributed by atoms with Gasteiger partial charge < -0.3 is 0 Å². The van der Waals surface area contributed by atoms with Crippen LogP contribution in [0.3, 0.4) is 0 Å². The van der Waals surface area contributed by atoms with Gasteiger partial charge in [0.25, 0.3) is 0 Å². The van der Waals surface area contributed by atoms with E-state index in [0.717, 1.165) is 30.1 Å². The molecule has 1 aromatic heterocycles. The molecule has 0 unspecified atom stereocenters. The molecule has 0 fully saturated rings. The molecule has 0 bridgehead atoms. The summed E-state index contributed by atoms with van der Waals surface area (Å²) < 4.78 is 17.7. The third-order valence-corrected chi connectivity index (χ3v) is 3.85. The molecule has 0 saturated carbocycles. The minimum Gasteiger partial charge on any atom is -0.293 e. The van der Waals surface area contributed by atoms with Gasteiger partial charge in [-0.25, -0.2) is 4.39 Å². The van der Waals surface area contributed by atoms with Crippen molar-refractivity contribution < 1.29 is 9.18 Å². The van der Waals surface area contributed by atoms with E-state index in [1.165, 1.54) is 12.1 Å². The Morgan fingerprint density at radius 2 is 2.21 bits per heavy atom. The second-order valence-electron chi connectivity index (χ2n) is 4.18. The largest absolute Gasteiger partial charge is 0.293 e. The van der Waals surface area contributed by atoms with Gasteiger partial charge in [-0.05, 0) is 41.7 Å². The van der Waals surface area contributed by atoms with Gasteiger partial charge in [-0.1, -0.05) is 33.8 Å². The van der Waals surface area contributed by atoms with Crippen LogP contribution < -0.4 is 0 Å². The monoisotopic (exact) mass is 342 g/mol. The maximum absolute atomic E-state index is 13.3. The zero-order valence-electron chi connectivity index (χ0n) is 10.3. The Labute approximate surface area is 123 Å². The van der Waals surface area contributed by atoms with Crippen LogP contribution in [-0.2, 0) is 12.8 Å². The summed E-state index contributed by atoms with van der Waals surface area (Å²) in [6, 6.07) is 4.48. The average molecular weight is 343 g/mol. The Morgan fingerprint density at radius 1 is 1.42 bits per heavy atom. The first kappa shape index (κ1) is 14.3. The molecule has 0 atom stereocenters. The lowest BCUT2D eigenvalue weighted by atomic mass is 10.1. The van der Waals surface area contributed by atoms with Crippen LogP contribution in [0.2, 0.25) is 0 Å². The van der Waals surface area contributed by atoms with E-state index in [1.807, 2.05) is 6.92 Å². The highest BCUT2D eigenvalue weighted by Crippen LogP contribution is 2.19. The summed E-state index contributed by atoms with van der Waals surface area (Å²) in [6.07, 6.45) is 1.82. The fourth-order valence-electron chi connectivity index (χ4n) is 1.80. The maximum atomic E-state index is 13.3. The van der Waals surface area contributed by atoms with E-state index in [4.69, 9.17) is 0 Å². The lowest BCUT2D eigenvalue weighted by molar-refractivity contribution is 0.0995. The molecule has 100 valence electrons. The number of aromatic nitrogens is 2. The Morgan fingerprint density at radius 3 is 2.89 bits per heavy atom. The molecule has 0 aliphatic heterocycles. The normalized spacial score (nSPS) is 10.7. The number of hydrogen-bond donors (Lipinski definition) is 0. The Bertz CT molecular complexity index is 580. The SMILES string of the molecule is CCCc1nnsc1C(=O)Cc1cc(F)cc(Br)c1. The molecule has 19 heavy (non-hydrogen) atoms. The van der Waals surface area contributed by atoms with Gasteiger partial charge in [-0.15, -0.1) is 5.10 Å². The molecule has 0 aliphatic carbocycles. The van der Waals surface area contributed by atoms with E-state index in [1.54, 1.807) is 6.07 Å². The molecule has 0 aliphatic rings. The van der Waals surface area contributed by atoms with Crippen molar-refractivity contribution in [3.05, 3.63) is 44.6 Å². The summed E-state index contributed by atoms with van der Waals surface area (Å²) in [5.74, 6) is -0.413. The quantitative estimate of drug-likeness (QED) is 0.775. The van der Waals surface area contributed by atoms with Crippen LogP contribution in [0.5, 0.6) is 0 Å². The third-order valence-electron chi connectivity index (χ3n) is 2.58. The van der Waals surface area contributed by atoms with Crippen LogP contribution in [-0.4, -0.2) is 15.4 Å². The number of hydrogen-bond acceptors (Lipinski definition) is 4. The Hall–Kier alpha value is -1.14. The van der Waals surface area contributed by atoms with Gasteiger partial charge in [0.05, 0.1) is 5.69 Å². The average Bonchev–Trinajstić information content (AvgIpc) is 2.76. The second kappa shape index (κ2) is 6.34. The lowest BCUT2D eigenvalue weighted by Crippen LogP contribution is -2.05. The molecule has 6 heteroatoms. The standard InChI is InChI=1S/C13H12BrFN2OS/c1-2-3-11-13(19-17-16-11)12(18)6-8-4-9(14)7-10(15)5-8/h4-5,7H,2-3,6H2,1H3. The van der Waals surface area contributed by atoms with E-state index in [-0.39, 0.29) is 18.0 Å². The molecule has 0 N–H and O–H groups in total. The topological polar surface area (TPSA) is 42.9 Å². The van der Waals surface area contributed by atoms with Gasteiger partial charge in [0.1, 0.15) is 10.7 Å². The number of aryl methyl sites for hydroxylation is 1. The summed E-state index contributed by atoms with van der Waals surface area (Å²) in [5.41, 5.74) is 1.39. The van der Waals surface area contributed by atoms with Crippen LogP contribution in [0, 0.1) is 5.82 Å². The smallest absolute Gasteiger partial charge is 0.180 e. The molecule has 0 radical (unpaired) electrons. The predicted octanol–water partition coefficient (Wildman–Crippen LogP) is 3.82. The summed E-state index contributed by atoms with van der Waals surface area (Å²) in [5, 5.41) is 3.97. The molecule has 0 spiro atoms. The number of benzene rings is 1. The highest BCUT2D eigenvalue weighted by molar-refractivity contribution is 9.10. The summed E-state index contributed by atoms with van der Waals surface area (Å²) >= 11 is 4.33. The first-order valence-corrected chi connectivity index (χ1v) is 7.46. The summed E-state index contributed by atoms with van der Waals surface area (Å²) in [7, 11) is 0. The number of nitrogens with zero attached hydrogens (tertiary/aromatic N) is 2. The van der Waals surface area contributed by atoms with Crippen molar-refractivity contribution in [3.63, 3.8) is 0 Å². The van der Waals surface area contributed by atoms with E-state index < -0.39 is 0 Å². The maximum Gasteiger partial charge on any atom is 0.180 e. The zero-order valence-corrected chi connectivity index (χ0v) is 12.7. The van der Waals surface area contributed by atoms with Crippen molar-refractivity contribution in [1.82, 2.24) is 9.59 Å². The molecule has 0 amide bonds. The van der Waals surface area contributed by atoms with Gasteiger partial charge in [0.2, 0.25) is 0 Å². The van der Waals surface area contributed by atoms with Crippen molar-refractivity contribution in [2.24, 2.45) is 0 Å². The molecule has 1 aromatic carbocycles. The lowest BCUT2D eigenvalue weighted by Gasteiger charge is -2.02. The van der Waals surface area contributed by atoms with Crippen LogP contribution in [0.25, 0.3) is 0 Å². The van der Waals surface area contributed by atoms with Crippen molar-refractivity contribution in [2.45, 2.75) is 26.2 Å². The van der Waals surface area contributed by atoms with E-state index in [9.17, 15) is 9.18 Å². The predicted molar refractivity (Wildman–Crippen MR) is 76.0 cm³/mol. The first-order valence-electron chi connectivity index (χ1n) is 5.89. The summed E-state index contributed by atoms with van der Waals surface area (Å²) in [4.78, 5) is 12.8. The van der Waals surface area contributed by atoms with E-state index >= 15 is 0 Å². The van der Waals surface area contributed by atoms with E-state index in [2.05, 4.69) is 25.5 Å². The number of carbonyl (C=O) groups is 1. The van der Waals surface area contributed by atoms with Gasteiger partial charge in [-0.2, -0.15) is 0 Å². The van der Waals surface area contributed by atoms with Crippen LogP contribution in [0.1, 0.15) is 34.3 Å². The number of carbonyl (C=O) groups excluding carboxylic acids is 1. The molecular formula is C13H12BrFN2OS. The minimum atomic E-state index is -0.353. The first-order chi connectivity index (χ1) is 9.10. The van der Waals surface area contributed by atoms with Gasteiger partial charge in [0, 0.05) is 10.9 Å². The minimum absolute atomic E-state index is 0.0593. The molecule has 3 nitrogen and oxygen atoms in total. The molecule has 2 aromatic rings. The van der Waals surface area contributed by atoms with Gasteiger partial charge in [-0.3, -0.25) is 4.79 Å². The number of ketones is 1. The second-order valence-corrected chi connectivity index (χ2v) is 5.85. The Kier molecular flexibility index (Phi) is 4.76. The fourth-order valence-corrected chi connectivity index (χ4v) is 2.96. The summed E-state index contributed by atoms with van der Waals surface area (Å²) in [6.45, 7) is 2.03. The van der Waals surface area contributed by atoms with Crippen molar-refractivity contribution in [1.29, 1.82) is 0 Å². The van der Waals surface area contributed by atoms with Crippen LogP contribution in [0.4, 0.5) is 4.39 Å². The molecule has 2 rings (SSSR count). The third kappa shape index (κ3) is 3.67. The van der Waals surface area contributed by atoms with Gasteiger partial charge in [0.15, 0.2) is 5.78 Å². The highest BCUT2D eigenvalue weighted by atomic mass is 79.9. The van der Waals surface area contributed by atoms with Crippen molar-refractivity contribution in [2.75, 3.05) is 0 Å². The van der Waals surface area contributed by atoms with Crippen LogP contribution >= 0.6 is 27.5 Å². The highest BCUT2D eigenvalue weighted by Gasteiger charge is 2.16. The zero-order chi connectivity index (χ0) is 13.8. The molecule has 0 saturated heterocycles. The number of Topliss-reactive ketones (excluding diaryl/α,β-unsaturated/α-hetero) is 1. The van der Waals surface area contributed by atoms with Crippen molar-refractivity contribution in [3.8, 4) is 0 Å². The molecular weight excluding hydrogens is 331 g/mol. The van der Waals surface area contributed by atoms with Gasteiger partial charge >= 0.3 is 0 Å². The van der Waals surface area contributed by atoms with E-state index in [0.29, 0.717) is 14.9 Å². The molecule has 1 heterocycles. The number of halogens is 2.